The van der Waals surface area contributed by atoms with E-state index in [2.05, 4.69) is 27.4 Å². The van der Waals surface area contributed by atoms with Crippen LogP contribution in [0, 0.1) is 17.8 Å². The molecule has 0 aliphatic heterocycles. The second-order valence-electron chi connectivity index (χ2n) is 7.05. The zero-order valence-electron chi connectivity index (χ0n) is 17.0. The average molecular weight is 375 g/mol. The van der Waals surface area contributed by atoms with Crippen LogP contribution in [0.1, 0.15) is 52.9 Å². The lowest BCUT2D eigenvalue weighted by molar-refractivity contribution is -0.137. The van der Waals surface area contributed by atoms with E-state index in [1.54, 1.807) is 21.3 Å². The Balaban J connectivity index is 0.000000496. The van der Waals surface area contributed by atoms with Crippen LogP contribution in [-0.2, 0) is 22.8 Å². The molecule has 0 aromatic carbocycles. The Bertz CT molecular complexity index is 361. The molecule has 0 radical (unpaired) electrons. The lowest BCUT2D eigenvalue weighted by atomic mass is 9.77. The molecule has 0 spiro atoms. The average Bonchev–Trinajstić information content (AvgIpc) is 2.62. The molecule has 1 aliphatic carbocycles. The molecule has 0 aromatic rings. The molecular weight excluding hydrogens is 336 g/mol. The summed E-state index contributed by atoms with van der Waals surface area (Å²) in [6, 6.07) is 0.612. The number of hydrogen-bond acceptors (Lipinski definition) is 5. The van der Waals surface area contributed by atoms with Crippen molar-refractivity contribution in [3.8, 4) is 0 Å². The molecule has 148 valence electrons. The van der Waals surface area contributed by atoms with Crippen molar-refractivity contribution >= 4 is 14.8 Å². The van der Waals surface area contributed by atoms with Gasteiger partial charge in [-0.2, -0.15) is 0 Å². The molecular formula is C19H38O5Si. The Kier molecular flexibility index (Phi) is 13.1. The monoisotopic (exact) mass is 374 g/mol. The summed E-state index contributed by atoms with van der Waals surface area (Å²) in [7, 11) is 2.13. The van der Waals surface area contributed by atoms with Gasteiger partial charge in [0.1, 0.15) is 0 Å². The van der Waals surface area contributed by atoms with Crippen LogP contribution < -0.4 is 0 Å². The van der Waals surface area contributed by atoms with Crippen molar-refractivity contribution in [2.24, 2.45) is 17.8 Å². The smallest absolute Gasteiger partial charge is 0.463 e. The Morgan fingerprint density at radius 2 is 1.80 bits per heavy atom. The molecule has 0 amide bonds. The summed E-state index contributed by atoms with van der Waals surface area (Å²) in [6.07, 6.45) is 7.70. The van der Waals surface area contributed by atoms with Crippen LogP contribution in [-0.4, -0.2) is 42.7 Å². The summed E-state index contributed by atoms with van der Waals surface area (Å²) in [4.78, 5) is 10.7. The molecule has 25 heavy (non-hydrogen) atoms. The summed E-state index contributed by atoms with van der Waals surface area (Å²) in [6.45, 7) is 10.7. The number of hydrogen-bond donors (Lipinski definition) is 0. The molecule has 0 saturated heterocycles. The van der Waals surface area contributed by atoms with Crippen molar-refractivity contribution < 1.29 is 22.8 Å². The van der Waals surface area contributed by atoms with Gasteiger partial charge in [-0.15, -0.1) is 0 Å². The fraction of sp³-hybridized carbons (Fsp3) is 0.842. The van der Waals surface area contributed by atoms with Gasteiger partial charge < -0.3 is 18.0 Å². The Labute approximate surface area is 155 Å². The van der Waals surface area contributed by atoms with Crippen molar-refractivity contribution in [1.82, 2.24) is 0 Å². The van der Waals surface area contributed by atoms with Crippen molar-refractivity contribution in [3.05, 3.63) is 12.7 Å². The molecule has 2 unspecified atom stereocenters. The van der Waals surface area contributed by atoms with Crippen molar-refractivity contribution in [3.63, 3.8) is 0 Å². The van der Waals surface area contributed by atoms with Crippen LogP contribution in [0.5, 0.6) is 0 Å². The third kappa shape index (κ3) is 10.1. The van der Waals surface area contributed by atoms with Crippen LogP contribution >= 0.6 is 0 Å². The van der Waals surface area contributed by atoms with Crippen LogP contribution in [0.2, 0.25) is 6.04 Å². The van der Waals surface area contributed by atoms with Gasteiger partial charge in [0.2, 0.25) is 0 Å². The standard InChI is InChI=1S/C10H20.C9H18O5Si/c1-8(2)10-6-4-5-9(3)7-10;1-5-9(10)14-7-6-8-15(11-2,12-3)13-4/h8-10H,4-7H2,1-3H3;5H,1,6-8H2,2-4H3. The highest BCUT2D eigenvalue weighted by Gasteiger charge is 2.36. The minimum Gasteiger partial charge on any atom is -0.463 e. The van der Waals surface area contributed by atoms with E-state index in [-0.39, 0.29) is 0 Å². The molecule has 1 saturated carbocycles. The predicted molar refractivity (Wildman–Crippen MR) is 103 cm³/mol. The summed E-state index contributed by atoms with van der Waals surface area (Å²) >= 11 is 0. The summed E-state index contributed by atoms with van der Waals surface area (Å²) < 4.78 is 20.4. The summed E-state index contributed by atoms with van der Waals surface area (Å²) in [5.74, 6) is 2.53. The Morgan fingerprint density at radius 3 is 2.20 bits per heavy atom. The van der Waals surface area contributed by atoms with Crippen molar-refractivity contribution in [1.29, 1.82) is 0 Å². The normalized spacial score (nSPS) is 20.6. The van der Waals surface area contributed by atoms with E-state index in [4.69, 9.17) is 18.0 Å². The van der Waals surface area contributed by atoms with Crippen molar-refractivity contribution in [2.45, 2.75) is 58.9 Å². The first kappa shape index (κ1) is 24.3. The Morgan fingerprint density at radius 1 is 1.20 bits per heavy atom. The first-order valence-electron chi connectivity index (χ1n) is 9.28. The van der Waals surface area contributed by atoms with E-state index in [9.17, 15) is 4.79 Å². The molecule has 2 atom stereocenters. The molecule has 0 heterocycles. The fourth-order valence-electron chi connectivity index (χ4n) is 3.16. The quantitative estimate of drug-likeness (QED) is 0.258. The first-order valence-corrected chi connectivity index (χ1v) is 11.2. The number of carbonyl (C=O) groups excluding carboxylic acids is 1. The fourth-order valence-corrected chi connectivity index (χ4v) is 4.85. The van der Waals surface area contributed by atoms with Gasteiger partial charge in [0.25, 0.3) is 0 Å². The third-order valence-corrected chi connectivity index (χ3v) is 7.72. The minimum atomic E-state index is -2.52. The molecule has 6 heteroatoms. The lowest BCUT2D eigenvalue weighted by Gasteiger charge is -2.29. The first-order chi connectivity index (χ1) is 11.8. The summed E-state index contributed by atoms with van der Waals surface area (Å²) in [5, 5.41) is 0. The predicted octanol–water partition coefficient (Wildman–Crippen LogP) is 4.45. The van der Waals surface area contributed by atoms with Gasteiger partial charge in [0, 0.05) is 33.4 Å². The molecule has 0 aromatic heterocycles. The highest BCUT2D eigenvalue weighted by molar-refractivity contribution is 6.60. The van der Waals surface area contributed by atoms with Gasteiger partial charge in [0.05, 0.1) is 6.61 Å². The topological polar surface area (TPSA) is 54.0 Å². The molecule has 5 nitrogen and oxygen atoms in total. The Hall–Kier alpha value is -0.693. The maximum atomic E-state index is 10.7. The number of esters is 1. The second-order valence-corrected chi connectivity index (χ2v) is 10.1. The zero-order chi connectivity index (χ0) is 19.3. The molecule has 1 rings (SSSR count). The lowest BCUT2D eigenvalue weighted by Crippen LogP contribution is -2.42. The van der Waals surface area contributed by atoms with Crippen molar-refractivity contribution in [2.75, 3.05) is 27.9 Å². The third-order valence-electron chi connectivity index (χ3n) is 4.89. The highest BCUT2D eigenvalue weighted by Crippen LogP contribution is 2.32. The van der Waals surface area contributed by atoms with E-state index in [1.165, 1.54) is 25.7 Å². The van der Waals surface area contributed by atoms with Gasteiger partial charge >= 0.3 is 14.8 Å². The maximum Gasteiger partial charge on any atom is 0.500 e. The zero-order valence-corrected chi connectivity index (χ0v) is 18.0. The summed E-state index contributed by atoms with van der Waals surface area (Å²) in [5.41, 5.74) is 0. The largest absolute Gasteiger partial charge is 0.500 e. The highest BCUT2D eigenvalue weighted by atomic mass is 28.4. The minimum absolute atomic E-state index is 0.315. The number of rotatable bonds is 9. The van der Waals surface area contributed by atoms with Crippen LogP contribution in [0.3, 0.4) is 0 Å². The van der Waals surface area contributed by atoms with Gasteiger partial charge in [-0.1, -0.05) is 46.6 Å². The molecule has 0 bridgehead atoms. The van der Waals surface area contributed by atoms with E-state index in [0.29, 0.717) is 19.1 Å². The van der Waals surface area contributed by atoms with Gasteiger partial charge in [0.15, 0.2) is 0 Å². The molecule has 0 N–H and O–H groups in total. The van der Waals surface area contributed by atoms with Gasteiger partial charge in [-0.25, -0.2) is 4.79 Å². The number of carbonyl (C=O) groups is 1. The van der Waals surface area contributed by atoms with Crippen LogP contribution in [0.25, 0.3) is 0 Å². The molecule has 1 aliphatic rings. The van der Waals surface area contributed by atoms with E-state index in [0.717, 1.165) is 23.8 Å². The number of ether oxygens (including phenoxy) is 1. The second kappa shape index (κ2) is 13.5. The van der Waals surface area contributed by atoms with E-state index < -0.39 is 14.8 Å². The van der Waals surface area contributed by atoms with Gasteiger partial charge in [-0.05, 0) is 30.6 Å². The van der Waals surface area contributed by atoms with Crippen LogP contribution in [0.4, 0.5) is 0 Å². The van der Waals surface area contributed by atoms with E-state index in [1.807, 2.05) is 0 Å². The molecule has 1 fully saturated rings. The maximum absolute atomic E-state index is 10.7. The van der Waals surface area contributed by atoms with E-state index >= 15 is 0 Å². The van der Waals surface area contributed by atoms with Crippen LogP contribution in [0.15, 0.2) is 12.7 Å². The van der Waals surface area contributed by atoms with Gasteiger partial charge in [-0.3, -0.25) is 0 Å². The SMILES string of the molecule is C=CC(=O)OCCC[Si](OC)(OC)OC.CC1CCCC(C(C)C)C1.